The third-order valence-electron chi connectivity index (χ3n) is 4.27. The molecule has 21 heavy (non-hydrogen) atoms. The minimum atomic E-state index is -0.493. The first-order valence-corrected chi connectivity index (χ1v) is 7.36. The minimum Gasteiger partial charge on any atom is -0.383 e. The van der Waals surface area contributed by atoms with E-state index in [9.17, 15) is 9.59 Å². The van der Waals surface area contributed by atoms with Gasteiger partial charge in [0.05, 0.1) is 0 Å². The Bertz CT molecular complexity index is 639. The standard InChI is InChI=1S/C15H26N4O2/c1-14(2)6-9(7-15(3,4)8-14)17-10-11(16)19(5)13(21)18-12(10)20/h9,17H,6-8,16H2,1-5H3,(H,18,20,21). The Morgan fingerprint density at radius 3 is 2.24 bits per heavy atom. The first kappa shape index (κ1) is 15.7. The number of nitrogens with two attached hydrogens (primary N) is 1. The van der Waals surface area contributed by atoms with Gasteiger partial charge in [-0.15, -0.1) is 0 Å². The van der Waals surface area contributed by atoms with Crippen LogP contribution >= 0.6 is 0 Å². The maximum absolute atomic E-state index is 12.0. The molecule has 0 spiro atoms. The summed E-state index contributed by atoms with van der Waals surface area (Å²) < 4.78 is 1.25. The van der Waals surface area contributed by atoms with Crippen molar-refractivity contribution in [3.63, 3.8) is 0 Å². The second-order valence-electron chi connectivity index (χ2n) is 7.83. The molecule has 4 N–H and O–H groups in total. The molecule has 1 aliphatic rings. The molecule has 0 saturated heterocycles. The van der Waals surface area contributed by atoms with Crippen molar-refractivity contribution in [2.24, 2.45) is 17.9 Å². The molecule has 6 nitrogen and oxygen atoms in total. The molecule has 1 fully saturated rings. The minimum absolute atomic E-state index is 0.171. The second-order valence-corrected chi connectivity index (χ2v) is 7.83. The molecule has 0 radical (unpaired) electrons. The van der Waals surface area contributed by atoms with E-state index in [0.29, 0.717) is 5.69 Å². The number of anilines is 2. The van der Waals surface area contributed by atoms with Crippen molar-refractivity contribution in [3.8, 4) is 0 Å². The lowest BCUT2D eigenvalue weighted by Gasteiger charge is -2.45. The average molecular weight is 294 g/mol. The average Bonchev–Trinajstić information content (AvgIpc) is 2.28. The number of aromatic amines is 1. The summed E-state index contributed by atoms with van der Waals surface area (Å²) >= 11 is 0. The van der Waals surface area contributed by atoms with E-state index >= 15 is 0 Å². The van der Waals surface area contributed by atoms with Gasteiger partial charge in [-0.2, -0.15) is 0 Å². The van der Waals surface area contributed by atoms with Crippen LogP contribution < -0.4 is 22.3 Å². The molecule has 1 aromatic rings. The summed E-state index contributed by atoms with van der Waals surface area (Å²) in [7, 11) is 1.55. The maximum atomic E-state index is 12.0. The zero-order valence-corrected chi connectivity index (χ0v) is 13.5. The lowest BCUT2D eigenvalue weighted by Crippen LogP contribution is -2.42. The largest absolute Gasteiger partial charge is 0.383 e. The summed E-state index contributed by atoms with van der Waals surface area (Å²) in [5, 5.41) is 3.27. The molecule has 0 atom stereocenters. The third-order valence-corrected chi connectivity index (χ3v) is 4.27. The van der Waals surface area contributed by atoms with Crippen LogP contribution in [0.25, 0.3) is 0 Å². The van der Waals surface area contributed by atoms with Crippen LogP contribution in [-0.2, 0) is 7.05 Å². The van der Waals surface area contributed by atoms with Crippen LogP contribution in [0.3, 0.4) is 0 Å². The van der Waals surface area contributed by atoms with Gasteiger partial charge in [0.1, 0.15) is 11.5 Å². The van der Waals surface area contributed by atoms with Gasteiger partial charge in [0.2, 0.25) is 0 Å². The number of H-pyrrole nitrogens is 1. The first-order chi connectivity index (χ1) is 9.51. The number of nitrogens with zero attached hydrogens (tertiary/aromatic N) is 1. The molecular weight excluding hydrogens is 268 g/mol. The van der Waals surface area contributed by atoms with Gasteiger partial charge in [-0.3, -0.25) is 14.3 Å². The number of nitrogen functional groups attached to an aromatic ring is 1. The molecule has 1 aromatic heterocycles. The normalized spacial score (nSPS) is 21.2. The van der Waals surface area contributed by atoms with E-state index < -0.39 is 11.2 Å². The number of rotatable bonds is 2. The Labute approximate surface area is 124 Å². The molecule has 0 bridgehead atoms. The van der Waals surface area contributed by atoms with Crippen molar-refractivity contribution < 1.29 is 0 Å². The molecule has 2 rings (SSSR count). The van der Waals surface area contributed by atoms with Gasteiger partial charge in [-0.1, -0.05) is 27.7 Å². The highest BCUT2D eigenvalue weighted by molar-refractivity contribution is 5.60. The zero-order chi connectivity index (χ0) is 16.0. The second kappa shape index (κ2) is 4.93. The van der Waals surface area contributed by atoms with Crippen molar-refractivity contribution in [1.29, 1.82) is 0 Å². The van der Waals surface area contributed by atoms with Crippen LogP contribution in [0.2, 0.25) is 0 Å². The topological polar surface area (TPSA) is 92.9 Å². The Morgan fingerprint density at radius 1 is 1.19 bits per heavy atom. The summed E-state index contributed by atoms with van der Waals surface area (Å²) in [5.74, 6) is 0.185. The highest BCUT2D eigenvalue weighted by atomic mass is 16.2. The molecule has 0 unspecified atom stereocenters. The van der Waals surface area contributed by atoms with Gasteiger partial charge in [-0.05, 0) is 30.1 Å². The number of aromatic nitrogens is 2. The van der Waals surface area contributed by atoms with Gasteiger partial charge in [0.15, 0.2) is 0 Å². The van der Waals surface area contributed by atoms with Crippen molar-refractivity contribution >= 4 is 11.5 Å². The molecule has 118 valence electrons. The Kier molecular flexibility index (Phi) is 3.68. The smallest absolute Gasteiger partial charge is 0.329 e. The lowest BCUT2D eigenvalue weighted by molar-refractivity contribution is 0.105. The maximum Gasteiger partial charge on any atom is 0.329 e. The summed E-state index contributed by atoms with van der Waals surface area (Å²) in [6.45, 7) is 8.99. The Hall–Kier alpha value is -1.72. The van der Waals surface area contributed by atoms with Gasteiger partial charge < -0.3 is 11.1 Å². The molecule has 1 heterocycles. The predicted octanol–water partition coefficient (Wildman–Crippen LogP) is 1.67. The predicted molar refractivity (Wildman–Crippen MR) is 85.5 cm³/mol. The van der Waals surface area contributed by atoms with Crippen LogP contribution in [0.4, 0.5) is 11.5 Å². The van der Waals surface area contributed by atoms with Gasteiger partial charge in [0, 0.05) is 13.1 Å². The summed E-state index contributed by atoms with van der Waals surface area (Å²) in [5.41, 5.74) is 5.70. The summed E-state index contributed by atoms with van der Waals surface area (Å²) in [6.07, 6.45) is 3.09. The van der Waals surface area contributed by atoms with Crippen LogP contribution in [0.1, 0.15) is 47.0 Å². The molecule has 0 amide bonds. The van der Waals surface area contributed by atoms with E-state index in [1.807, 2.05) is 0 Å². The van der Waals surface area contributed by atoms with E-state index in [1.54, 1.807) is 7.05 Å². The number of nitrogens with one attached hydrogen (secondary N) is 2. The third kappa shape index (κ3) is 3.31. The SMILES string of the molecule is Cn1c(N)c(NC2CC(C)(C)CC(C)(C)C2)c(=O)[nH]c1=O. The van der Waals surface area contributed by atoms with E-state index in [1.165, 1.54) is 4.57 Å². The Morgan fingerprint density at radius 2 is 1.71 bits per heavy atom. The van der Waals surface area contributed by atoms with Crippen molar-refractivity contribution in [3.05, 3.63) is 20.8 Å². The van der Waals surface area contributed by atoms with Gasteiger partial charge in [0.25, 0.3) is 5.56 Å². The molecular formula is C15H26N4O2. The van der Waals surface area contributed by atoms with E-state index in [4.69, 9.17) is 5.73 Å². The van der Waals surface area contributed by atoms with E-state index in [0.717, 1.165) is 19.3 Å². The Balaban J connectivity index is 2.33. The molecule has 1 saturated carbocycles. The molecule has 1 aliphatic carbocycles. The quantitative estimate of drug-likeness (QED) is 0.773. The van der Waals surface area contributed by atoms with E-state index in [2.05, 4.69) is 38.0 Å². The fraction of sp³-hybridized carbons (Fsp3) is 0.733. The molecule has 6 heteroatoms. The van der Waals surface area contributed by atoms with E-state index in [-0.39, 0.29) is 22.7 Å². The van der Waals surface area contributed by atoms with Crippen molar-refractivity contribution in [1.82, 2.24) is 9.55 Å². The van der Waals surface area contributed by atoms with Crippen LogP contribution in [0.5, 0.6) is 0 Å². The van der Waals surface area contributed by atoms with Crippen LogP contribution in [-0.4, -0.2) is 15.6 Å². The fourth-order valence-corrected chi connectivity index (χ4v) is 3.93. The monoisotopic (exact) mass is 294 g/mol. The fourth-order valence-electron chi connectivity index (χ4n) is 3.93. The molecule has 0 aromatic carbocycles. The van der Waals surface area contributed by atoms with Crippen molar-refractivity contribution in [2.75, 3.05) is 11.1 Å². The zero-order valence-electron chi connectivity index (χ0n) is 13.5. The van der Waals surface area contributed by atoms with Crippen LogP contribution in [0, 0.1) is 10.8 Å². The summed E-state index contributed by atoms with van der Waals surface area (Å²) in [6, 6.07) is 0.171. The summed E-state index contributed by atoms with van der Waals surface area (Å²) in [4.78, 5) is 25.8. The lowest BCUT2D eigenvalue weighted by atomic mass is 9.63. The molecule has 0 aliphatic heterocycles. The van der Waals surface area contributed by atoms with Gasteiger partial charge in [-0.25, -0.2) is 4.79 Å². The number of hydrogen-bond donors (Lipinski definition) is 3. The number of hydrogen-bond acceptors (Lipinski definition) is 4. The highest BCUT2D eigenvalue weighted by Gasteiger charge is 2.38. The first-order valence-electron chi connectivity index (χ1n) is 7.36. The van der Waals surface area contributed by atoms with Crippen molar-refractivity contribution in [2.45, 2.75) is 53.0 Å². The van der Waals surface area contributed by atoms with Gasteiger partial charge >= 0.3 is 5.69 Å². The van der Waals surface area contributed by atoms with Crippen LogP contribution in [0.15, 0.2) is 9.59 Å². The highest BCUT2D eigenvalue weighted by Crippen LogP contribution is 2.46.